The molecule has 126 valence electrons. The normalized spacial score (nSPS) is 15.3. The molecule has 0 bridgehead atoms. The van der Waals surface area contributed by atoms with E-state index in [1.807, 2.05) is 0 Å². The maximum Gasteiger partial charge on any atom is 0.313 e. The molecule has 0 saturated carbocycles. The zero-order valence-corrected chi connectivity index (χ0v) is 13.8. The van der Waals surface area contributed by atoms with E-state index < -0.39 is 11.8 Å². The van der Waals surface area contributed by atoms with Crippen molar-refractivity contribution in [3.05, 3.63) is 18.2 Å². The van der Waals surface area contributed by atoms with Crippen molar-refractivity contribution in [3.8, 4) is 11.5 Å². The highest BCUT2D eigenvalue weighted by molar-refractivity contribution is 6.39. The van der Waals surface area contributed by atoms with E-state index in [-0.39, 0.29) is 0 Å². The Morgan fingerprint density at radius 1 is 0.913 bits per heavy atom. The molecule has 6 heteroatoms. The molecule has 1 aromatic rings. The first kappa shape index (κ1) is 17.1. The van der Waals surface area contributed by atoms with Crippen molar-refractivity contribution >= 4 is 17.5 Å². The Hall–Kier alpha value is -2.24. The molecule has 0 radical (unpaired) electrons. The predicted molar refractivity (Wildman–Crippen MR) is 87.8 cm³/mol. The average Bonchev–Trinajstić information content (AvgIpc) is 2.53. The lowest BCUT2D eigenvalue weighted by atomic mass is 10.1. The smallest absolute Gasteiger partial charge is 0.313 e. The van der Waals surface area contributed by atoms with Crippen LogP contribution < -0.4 is 14.8 Å². The highest BCUT2D eigenvalue weighted by Gasteiger charge is 2.22. The van der Waals surface area contributed by atoms with Crippen LogP contribution in [0.15, 0.2) is 18.2 Å². The second kappa shape index (κ2) is 8.41. The third-order valence-corrected chi connectivity index (χ3v) is 3.95. The molecule has 1 aliphatic heterocycles. The summed E-state index contributed by atoms with van der Waals surface area (Å²) < 4.78 is 10.3. The van der Waals surface area contributed by atoms with E-state index in [2.05, 4.69) is 5.32 Å². The van der Waals surface area contributed by atoms with E-state index >= 15 is 0 Å². The molecule has 1 aromatic carbocycles. The third kappa shape index (κ3) is 4.87. The Kier molecular flexibility index (Phi) is 6.26. The van der Waals surface area contributed by atoms with Crippen molar-refractivity contribution < 1.29 is 19.1 Å². The number of methoxy groups -OCH3 is 2. The van der Waals surface area contributed by atoms with E-state index in [1.165, 1.54) is 20.6 Å². The number of nitrogens with zero attached hydrogens (tertiary/aromatic N) is 1. The van der Waals surface area contributed by atoms with Gasteiger partial charge in [-0.2, -0.15) is 0 Å². The number of likely N-dealkylation sites (tertiary alicyclic amines) is 1. The fourth-order valence-electron chi connectivity index (χ4n) is 2.66. The van der Waals surface area contributed by atoms with Crippen molar-refractivity contribution in [1.82, 2.24) is 4.90 Å². The zero-order valence-electron chi connectivity index (χ0n) is 13.8. The van der Waals surface area contributed by atoms with Crippen molar-refractivity contribution in [1.29, 1.82) is 0 Å². The highest BCUT2D eigenvalue weighted by Crippen LogP contribution is 2.25. The summed E-state index contributed by atoms with van der Waals surface area (Å²) >= 11 is 0. The molecule has 1 aliphatic rings. The largest absolute Gasteiger partial charge is 0.497 e. The van der Waals surface area contributed by atoms with Crippen LogP contribution in [0.1, 0.15) is 32.1 Å². The van der Waals surface area contributed by atoms with Gasteiger partial charge in [-0.15, -0.1) is 0 Å². The van der Waals surface area contributed by atoms with Gasteiger partial charge in [0.1, 0.15) is 11.5 Å². The van der Waals surface area contributed by atoms with Crippen LogP contribution in [0, 0.1) is 0 Å². The SMILES string of the molecule is COc1cc(NC(=O)C(=O)N2CCCCCCC2)cc(OC)c1. The summed E-state index contributed by atoms with van der Waals surface area (Å²) in [6.45, 7) is 1.29. The molecule has 1 saturated heterocycles. The van der Waals surface area contributed by atoms with Crippen LogP contribution in [-0.2, 0) is 9.59 Å². The molecule has 0 unspecified atom stereocenters. The molecule has 1 fully saturated rings. The predicted octanol–water partition coefficient (Wildman–Crippen LogP) is 2.44. The number of ether oxygens (including phenoxy) is 2. The molecule has 6 nitrogen and oxygen atoms in total. The molecule has 0 spiro atoms. The molecule has 2 amide bonds. The highest BCUT2D eigenvalue weighted by atomic mass is 16.5. The van der Waals surface area contributed by atoms with E-state index in [0.717, 1.165) is 25.7 Å². The summed E-state index contributed by atoms with van der Waals surface area (Å²) in [6, 6.07) is 5.01. The molecule has 23 heavy (non-hydrogen) atoms. The standard InChI is InChI=1S/C17H24N2O4/c1-22-14-10-13(11-15(12-14)23-2)18-16(20)17(21)19-8-6-4-3-5-7-9-19/h10-12H,3-9H2,1-2H3,(H,18,20). The molecule has 1 heterocycles. The maximum absolute atomic E-state index is 12.3. The van der Waals surface area contributed by atoms with Gasteiger partial charge in [0, 0.05) is 37.0 Å². The third-order valence-electron chi connectivity index (χ3n) is 3.95. The van der Waals surface area contributed by atoms with E-state index in [1.54, 1.807) is 23.1 Å². The lowest BCUT2D eigenvalue weighted by Gasteiger charge is -2.24. The minimum Gasteiger partial charge on any atom is -0.497 e. The number of carbonyl (C=O) groups is 2. The van der Waals surface area contributed by atoms with Crippen molar-refractivity contribution in [3.63, 3.8) is 0 Å². The van der Waals surface area contributed by atoms with Crippen LogP contribution in [0.25, 0.3) is 0 Å². The second-order valence-corrected chi connectivity index (χ2v) is 5.62. The molecular formula is C17H24N2O4. The summed E-state index contributed by atoms with van der Waals surface area (Å²) in [5.74, 6) is 0.00582. The first-order valence-corrected chi connectivity index (χ1v) is 7.97. The molecule has 2 rings (SSSR count). The van der Waals surface area contributed by atoms with Gasteiger partial charge in [0.25, 0.3) is 0 Å². The fourth-order valence-corrected chi connectivity index (χ4v) is 2.66. The van der Waals surface area contributed by atoms with Gasteiger partial charge in [0.05, 0.1) is 14.2 Å². The molecule has 0 aromatic heterocycles. The summed E-state index contributed by atoms with van der Waals surface area (Å²) in [5.41, 5.74) is 0.478. The fraction of sp³-hybridized carbons (Fsp3) is 0.529. The summed E-state index contributed by atoms with van der Waals surface area (Å²) in [4.78, 5) is 26.2. The minimum absolute atomic E-state index is 0.478. The van der Waals surface area contributed by atoms with Gasteiger partial charge in [-0.3, -0.25) is 9.59 Å². The first-order valence-electron chi connectivity index (χ1n) is 7.97. The van der Waals surface area contributed by atoms with Crippen LogP contribution in [0.5, 0.6) is 11.5 Å². The Labute approximate surface area is 136 Å². The number of anilines is 1. The number of hydrogen-bond acceptors (Lipinski definition) is 4. The lowest BCUT2D eigenvalue weighted by molar-refractivity contribution is -0.143. The molecule has 1 N–H and O–H groups in total. The van der Waals surface area contributed by atoms with Crippen LogP contribution in [0.4, 0.5) is 5.69 Å². The minimum atomic E-state index is -0.624. The number of nitrogens with one attached hydrogen (secondary N) is 1. The van der Waals surface area contributed by atoms with E-state index in [4.69, 9.17) is 9.47 Å². The molecular weight excluding hydrogens is 296 g/mol. The van der Waals surface area contributed by atoms with Gasteiger partial charge < -0.3 is 19.7 Å². The van der Waals surface area contributed by atoms with Gasteiger partial charge in [-0.05, 0) is 12.8 Å². The van der Waals surface area contributed by atoms with Gasteiger partial charge in [-0.25, -0.2) is 0 Å². The summed E-state index contributed by atoms with van der Waals surface area (Å²) in [6.07, 6.45) is 5.33. The average molecular weight is 320 g/mol. The quantitative estimate of drug-likeness (QED) is 0.869. The first-order chi connectivity index (χ1) is 11.1. The maximum atomic E-state index is 12.3. The van der Waals surface area contributed by atoms with Crippen molar-refractivity contribution in [2.45, 2.75) is 32.1 Å². The van der Waals surface area contributed by atoms with E-state index in [0.29, 0.717) is 30.3 Å². The monoisotopic (exact) mass is 320 g/mol. The number of rotatable bonds is 3. The van der Waals surface area contributed by atoms with E-state index in [9.17, 15) is 9.59 Å². The lowest BCUT2D eigenvalue weighted by Crippen LogP contribution is -2.41. The van der Waals surface area contributed by atoms with Crippen LogP contribution >= 0.6 is 0 Å². The van der Waals surface area contributed by atoms with Crippen molar-refractivity contribution in [2.75, 3.05) is 32.6 Å². The van der Waals surface area contributed by atoms with Gasteiger partial charge in [0.15, 0.2) is 0 Å². The van der Waals surface area contributed by atoms with Gasteiger partial charge in [-0.1, -0.05) is 19.3 Å². The zero-order chi connectivity index (χ0) is 16.7. The van der Waals surface area contributed by atoms with Crippen LogP contribution in [0.3, 0.4) is 0 Å². The van der Waals surface area contributed by atoms with Gasteiger partial charge in [0.2, 0.25) is 0 Å². The summed E-state index contributed by atoms with van der Waals surface area (Å²) in [5, 5.41) is 2.63. The van der Waals surface area contributed by atoms with Gasteiger partial charge >= 0.3 is 11.8 Å². The Morgan fingerprint density at radius 3 is 1.96 bits per heavy atom. The Bertz CT molecular complexity index is 529. The summed E-state index contributed by atoms with van der Waals surface area (Å²) in [7, 11) is 3.07. The number of amides is 2. The van der Waals surface area contributed by atoms with Crippen molar-refractivity contribution in [2.24, 2.45) is 0 Å². The second-order valence-electron chi connectivity index (χ2n) is 5.62. The Balaban J connectivity index is 2.03. The molecule has 0 atom stereocenters. The number of hydrogen-bond donors (Lipinski definition) is 1. The number of benzene rings is 1. The molecule has 0 aliphatic carbocycles. The van der Waals surface area contributed by atoms with Crippen LogP contribution in [0.2, 0.25) is 0 Å². The Morgan fingerprint density at radius 2 is 1.43 bits per heavy atom. The number of carbonyl (C=O) groups excluding carboxylic acids is 2. The van der Waals surface area contributed by atoms with Crippen LogP contribution in [-0.4, -0.2) is 44.0 Å². The topological polar surface area (TPSA) is 67.9 Å².